The minimum atomic E-state index is -0.0327. The van der Waals surface area contributed by atoms with Crippen LogP contribution in [0.4, 0.5) is 0 Å². The summed E-state index contributed by atoms with van der Waals surface area (Å²) in [6, 6.07) is 0.313. The van der Waals surface area contributed by atoms with Gasteiger partial charge in [0.15, 0.2) is 5.69 Å². The van der Waals surface area contributed by atoms with Crippen molar-refractivity contribution < 1.29 is 9.53 Å². The molecule has 1 amide bonds. The Morgan fingerprint density at radius 2 is 2.04 bits per heavy atom. The number of fused-ring (bicyclic) bond motifs is 1. The summed E-state index contributed by atoms with van der Waals surface area (Å²) in [7, 11) is 2.15. The number of carbonyl (C=O) groups is 1. The summed E-state index contributed by atoms with van der Waals surface area (Å²) < 4.78 is 5.86. The van der Waals surface area contributed by atoms with Gasteiger partial charge in [0.05, 0.1) is 17.9 Å². The van der Waals surface area contributed by atoms with Crippen molar-refractivity contribution in [1.82, 2.24) is 20.0 Å². The number of piperidine rings is 1. The van der Waals surface area contributed by atoms with E-state index in [1.54, 1.807) is 0 Å². The number of nitrogens with one attached hydrogen (secondary N) is 1. The smallest absolute Gasteiger partial charge is 0.274 e. The molecule has 0 aromatic carbocycles. The van der Waals surface area contributed by atoms with Crippen molar-refractivity contribution in [3.63, 3.8) is 0 Å². The Balaban J connectivity index is 1.85. The fraction of sp³-hybridized carbons (Fsp3) is 0.789. The second-order valence-electron chi connectivity index (χ2n) is 8.14. The predicted molar refractivity (Wildman–Crippen MR) is 97.6 cm³/mol. The maximum atomic E-state index is 13.4. The van der Waals surface area contributed by atoms with Crippen LogP contribution in [0.2, 0.25) is 0 Å². The highest BCUT2D eigenvalue weighted by atomic mass is 16.5. The van der Waals surface area contributed by atoms with Gasteiger partial charge in [-0.2, -0.15) is 5.10 Å². The minimum Gasteiger partial charge on any atom is -0.369 e. The number of aromatic amines is 1. The van der Waals surface area contributed by atoms with Crippen molar-refractivity contribution in [2.45, 2.75) is 65.2 Å². The second kappa shape index (κ2) is 7.46. The van der Waals surface area contributed by atoms with Crippen molar-refractivity contribution in [1.29, 1.82) is 0 Å². The standard InChI is InChI=1S/C19H32N4O2/c1-12(2)11-23(15-6-8-22(5)9-7-15)19(24)18-16-10-13(3)25-14(4)17(16)20-21-18/h12-15H,6-11H2,1-5H3,(H,20,21)/t13-,14+/m0/s1. The molecule has 140 valence electrons. The van der Waals surface area contributed by atoms with E-state index in [1.165, 1.54) is 0 Å². The number of likely N-dealkylation sites (tertiary alicyclic amines) is 1. The molecule has 1 saturated heterocycles. The third-order valence-electron chi connectivity index (χ3n) is 5.39. The van der Waals surface area contributed by atoms with E-state index >= 15 is 0 Å². The van der Waals surface area contributed by atoms with E-state index in [0.717, 1.165) is 50.2 Å². The minimum absolute atomic E-state index is 0.0327. The lowest BCUT2D eigenvalue weighted by Gasteiger charge is -2.38. The first kappa shape index (κ1) is 18.4. The van der Waals surface area contributed by atoms with Gasteiger partial charge < -0.3 is 14.5 Å². The number of hydrogen-bond donors (Lipinski definition) is 1. The van der Waals surface area contributed by atoms with Crippen LogP contribution in [0.15, 0.2) is 0 Å². The van der Waals surface area contributed by atoms with Gasteiger partial charge in [0.2, 0.25) is 0 Å². The maximum absolute atomic E-state index is 13.4. The van der Waals surface area contributed by atoms with Gasteiger partial charge in [0, 0.05) is 24.6 Å². The average molecular weight is 348 g/mol. The highest BCUT2D eigenvalue weighted by molar-refractivity contribution is 5.94. The molecule has 0 unspecified atom stereocenters. The van der Waals surface area contributed by atoms with Crippen LogP contribution in [0.5, 0.6) is 0 Å². The molecule has 2 aliphatic rings. The molecule has 1 aromatic rings. The lowest BCUT2D eigenvalue weighted by molar-refractivity contribution is -0.00706. The van der Waals surface area contributed by atoms with Crippen LogP contribution in [-0.4, -0.2) is 64.7 Å². The van der Waals surface area contributed by atoms with Crippen molar-refractivity contribution in [3.8, 4) is 0 Å². The zero-order valence-corrected chi connectivity index (χ0v) is 16.2. The highest BCUT2D eigenvalue weighted by Crippen LogP contribution is 2.31. The number of hydrogen-bond acceptors (Lipinski definition) is 4. The number of rotatable bonds is 4. The molecule has 3 heterocycles. The van der Waals surface area contributed by atoms with Crippen LogP contribution < -0.4 is 0 Å². The van der Waals surface area contributed by atoms with Crippen LogP contribution in [0.3, 0.4) is 0 Å². The molecule has 3 rings (SSSR count). The SMILES string of the molecule is CC(C)CN(C(=O)c1n[nH]c2c1C[C@H](C)O[C@@H]2C)C1CCN(C)CC1. The largest absolute Gasteiger partial charge is 0.369 e. The topological polar surface area (TPSA) is 61.5 Å². The van der Waals surface area contributed by atoms with Crippen LogP contribution in [0, 0.1) is 5.92 Å². The molecule has 2 atom stereocenters. The first-order valence-electron chi connectivity index (χ1n) is 9.59. The number of ether oxygens (including phenoxy) is 1. The van der Waals surface area contributed by atoms with Crippen LogP contribution >= 0.6 is 0 Å². The Morgan fingerprint density at radius 1 is 1.36 bits per heavy atom. The normalized spacial score (nSPS) is 25.2. The summed E-state index contributed by atoms with van der Waals surface area (Å²) in [5.41, 5.74) is 2.63. The quantitative estimate of drug-likeness (QED) is 0.909. The first-order chi connectivity index (χ1) is 11.9. The van der Waals surface area contributed by atoms with Crippen LogP contribution in [0.1, 0.15) is 68.4 Å². The van der Waals surface area contributed by atoms with Crippen LogP contribution in [0.25, 0.3) is 0 Å². The first-order valence-corrected chi connectivity index (χ1v) is 9.59. The fourth-order valence-corrected chi connectivity index (χ4v) is 4.08. The Hall–Kier alpha value is -1.40. The molecular formula is C19H32N4O2. The van der Waals surface area contributed by atoms with E-state index in [1.807, 2.05) is 6.92 Å². The molecular weight excluding hydrogens is 316 g/mol. The van der Waals surface area contributed by atoms with Crippen molar-refractivity contribution in [2.24, 2.45) is 5.92 Å². The zero-order valence-electron chi connectivity index (χ0n) is 16.2. The van der Waals surface area contributed by atoms with Crippen LogP contribution in [-0.2, 0) is 11.2 Å². The summed E-state index contributed by atoms with van der Waals surface area (Å²) in [6.07, 6.45) is 2.91. The number of H-pyrrole nitrogens is 1. The zero-order chi connectivity index (χ0) is 18.1. The Morgan fingerprint density at radius 3 is 2.68 bits per heavy atom. The third kappa shape index (κ3) is 3.90. The Bertz CT molecular complexity index is 605. The molecule has 0 radical (unpaired) electrons. The Kier molecular flexibility index (Phi) is 5.49. The molecule has 0 spiro atoms. The molecule has 1 fully saturated rings. The van der Waals surface area contributed by atoms with Crippen molar-refractivity contribution in [3.05, 3.63) is 17.0 Å². The van der Waals surface area contributed by atoms with Gasteiger partial charge in [-0.25, -0.2) is 0 Å². The van der Waals surface area contributed by atoms with Crippen molar-refractivity contribution >= 4 is 5.91 Å². The lowest BCUT2D eigenvalue weighted by atomic mass is 9.97. The molecule has 6 nitrogen and oxygen atoms in total. The summed E-state index contributed by atoms with van der Waals surface area (Å²) in [5.74, 6) is 0.529. The number of carbonyl (C=O) groups excluding carboxylic acids is 1. The molecule has 2 aliphatic heterocycles. The average Bonchev–Trinajstić information content (AvgIpc) is 2.97. The molecule has 0 saturated carbocycles. The van der Waals surface area contributed by atoms with Gasteiger partial charge in [-0.15, -0.1) is 0 Å². The fourth-order valence-electron chi connectivity index (χ4n) is 4.08. The summed E-state index contributed by atoms with van der Waals surface area (Å²) in [6.45, 7) is 11.3. The third-order valence-corrected chi connectivity index (χ3v) is 5.39. The van der Waals surface area contributed by atoms with Crippen molar-refractivity contribution in [2.75, 3.05) is 26.7 Å². The van der Waals surface area contributed by atoms with E-state index in [-0.39, 0.29) is 18.1 Å². The molecule has 0 bridgehead atoms. The molecule has 1 N–H and O–H groups in total. The van der Waals surface area contributed by atoms with E-state index < -0.39 is 0 Å². The highest BCUT2D eigenvalue weighted by Gasteiger charge is 2.34. The molecule has 0 aliphatic carbocycles. The van der Waals surface area contributed by atoms with E-state index in [9.17, 15) is 4.79 Å². The van der Waals surface area contributed by atoms with Gasteiger partial charge in [-0.05, 0) is 52.7 Å². The monoisotopic (exact) mass is 348 g/mol. The lowest BCUT2D eigenvalue weighted by Crippen LogP contribution is -2.48. The maximum Gasteiger partial charge on any atom is 0.274 e. The molecule has 6 heteroatoms. The summed E-state index contributed by atoms with van der Waals surface area (Å²) >= 11 is 0. The number of aromatic nitrogens is 2. The summed E-state index contributed by atoms with van der Waals surface area (Å²) in [5, 5.41) is 7.48. The molecule has 1 aromatic heterocycles. The van der Waals surface area contributed by atoms with Gasteiger partial charge >= 0.3 is 0 Å². The van der Waals surface area contributed by atoms with E-state index in [2.05, 4.69) is 47.8 Å². The van der Waals surface area contributed by atoms with E-state index in [4.69, 9.17) is 4.74 Å². The van der Waals surface area contributed by atoms with Gasteiger partial charge in [-0.1, -0.05) is 13.8 Å². The second-order valence-corrected chi connectivity index (χ2v) is 8.14. The number of nitrogens with zero attached hydrogens (tertiary/aromatic N) is 3. The van der Waals surface area contributed by atoms with Gasteiger partial charge in [0.1, 0.15) is 0 Å². The van der Waals surface area contributed by atoms with E-state index in [0.29, 0.717) is 17.7 Å². The predicted octanol–water partition coefficient (Wildman–Crippen LogP) is 2.62. The van der Waals surface area contributed by atoms with Gasteiger partial charge in [0.25, 0.3) is 5.91 Å². The number of amides is 1. The Labute approximate surface area is 150 Å². The molecule has 25 heavy (non-hydrogen) atoms. The summed E-state index contributed by atoms with van der Waals surface area (Å²) in [4.78, 5) is 17.8. The van der Waals surface area contributed by atoms with Gasteiger partial charge in [-0.3, -0.25) is 9.89 Å².